The molecule has 7 nitrogen and oxygen atoms in total. The standard InChI is InChI=1S/C23H27N3O4/c1-15-5-3-6-16(2)26(15)21(27)14-30-20-11-9-17(10-12-20)23(29)25-19-8-4-7-18(13-19)22(24)28/h4,7-13,15-16H,3,5-6,14H2,1-2H3,(H2,24,28)(H,25,29). The summed E-state index contributed by atoms with van der Waals surface area (Å²) in [5, 5.41) is 2.73. The second kappa shape index (κ2) is 9.43. The van der Waals surface area contributed by atoms with Gasteiger partial charge in [-0.25, -0.2) is 0 Å². The molecule has 158 valence electrons. The topological polar surface area (TPSA) is 102 Å². The maximum atomic E-state index is 12.5. The molecule has 0 aromatic heterocycles. The molecule has 0 radical (unpaired) electrons. The van der Waals surface area contributed by atoms with Crippen LogP contribution in [0.4, 0.5) is 5.69 Å². The summed E-state index contributed by atoms with van der Waals surface area (Å²) in [6.07, 6.45) is 3.17. The van der Waals surface area contributed by atoms with E-state index in [9.17, 15) is 14.4 Å². The highest BCUT2D eigenvalue weighted by atomic mass is 16.5. The fraction of sp³-hybridized carbons (Fsp3) is 0.348. The Bertz CT molecular complexity index is 916. The maximum Gasteiger partial charge on any atom is 0.260 e. The van der Waals surface area contributed by atoms with Gasteiger partial charge >= 0.3 is 0 Å². The molecule has 7 heteroatoms. The molecule has 3 amide bonds. The Balaban J connectivity index is 1.57. The zero-order valence-electron chi connectivity index (χ0n) is 17.3. The van der Waals surface area contributed by atoms with Gasteiger partial charge in [-0.3, -0.25) is 14.4 Å². The fourth-order valence-corrected chi connectivity index (χ4v) is 3.79. The molecule has 1 heterocycles. The molecule has 1 aliphatic heterocycles. The Kier molecular flexibility index (Phi) is 6.72. The van der Waals surface area contributed by atoms with Crippen molar-refractivity contribution >= 4 is 23.4 Å². The van der Waals surface area contributed by atoms with Crippen molar-refractivity contribution in [3.8, 4) is 5.75 Å². The number of nitrogens with zero attached hydrogens (tertiary/aromatic N) is 1. The number of benzene rings is 2. The Morgan fingerprint density at radius 1 is 1.03 bits per heavy atom. The van der Waals surface area contributed by atoms with Gasteiger partial charge < -0.3 is 20.7 Å². The lowest BCUT2D eigenvalue weighted by Crippen LogP contribution is -2.49. The lowest BCUT2D eigenvalue weighted by Gasteiger charge is -2.38. The van der Waals surface area contributed by atoms with Gasteiger partial charge in [0, 0.05) is 28.9 Å². The Labute approximate surface area is 176 Å². The van der Waals surface area contributed by atoms with E-state index in [1.165, 1.54) is 6.07 Å². The second-order valence-electron chi connectivity index (χ2n) is 7.64. The molecule has 3 rings (SSSR count). The van der Waals surface area contributed by atoms with Gasteiger partial charge in [0.1, 0.15) is 5.75 Å². The van der Waals surface area contributed by atoms with E-state index >= 15 is 0 Å². The second-order valence-corrected chi connectivity index (χ2v) is 7.64. The van der Waals surface area contributed by atoms with Crippen LogP contribution in [0.5, 0.6) is 5.75 Å². The summed E-state index contributed by atoms with van der Waals surface area (Å²) in [7, 11) is 0. The van der Waals surface area contributed by atoms with Crippen molar-refractivity contribution in [3.05, 3.63) is 59.7 Å². The predicted molar refractivity (Wildman–Crippen MR) is 114 cm³/mol. The van der Waals surface area contributed by atoms with E-state index in [1.54, 1.807) is 42.5 Å². The number of carbonyl (C=O) groups excluding carboxylic acids is 3. The van der Waals surface area contributed by atoms with Gasteiger partial charge in [0.15, 0.2) is 6.61 Å². The van der Waals surface area contributed by atoms with Crippen LogP contribution in [-0.2, 0) is 4.79 Å². The van der Waals surface area contributed by atoms with E-state index < -0.39 is 5.91 Å². The Morgan fingerprint density at radius 3 is 2.33 bits per heavy atom. The van der Waals surface area contributed by atoms with Gasteiger partial charge in [0.2, 0.25) is 5.91 Å². The normalized spacial score (nSPS) is 18.5. The molecule has 1 saturated heterocycles. The number of nitrogens with two attached hydrogens (primary N) is 1. The largest absolute Gasteiger partial charge is 0.484 e. The zero-order chi connectivity index (χ0) is 21.7. The number of anilines is 1. The first-order valence-corrected chi connectivity index (χ1v) is 10.1. The predicted octanol–water partition coefficient (Wildman–Crippen LogP) is 3.21. The van der Waals surface area contributed by atoms with Crippen LogP contribution in [0.1, 0.15) is 53.8 Å². The minimum Gasteiger partial charge on any atom is -0.484 e. The van der Waals surface area contributed by atoms with Crippen molar-refractivity contribution in [1.29, 1.82) is 0 Å². The summed E-state index contributed by atoms with van der Waals surface area (Å²) >= 11 is 0. The van der Waals surface area contributed by atoms with Crippen LogP contribution in [0.25, 0.3) is 0 Å². The molecular weight excluding hydrogens is 382 g/mol. The molecule has 0 saturated carbocycles. The van der Waals surface area contributed by atoms with Gasteiger partial charge in [-0.2, -0.15) is 0 Å². The number of nitrogens with one attached hydrogen (secondary N) is 1. The molecular formula is C23H27N3O4. The van der Waals surface area contributed by atoms with Crippen molar-refractivity contribution in [2.75, 3.05) is 11.9 Å². The minimum atomic E-state index is -0.560. The van der Waals surface area contributed by atoms with Gasteiger partial charge in [-0.05, 0) is 75.6 Å². The van der Waals surface area contributed by atoms with E-state index in [1.807, 2.05) is 4.90 Å². The van der Waals surface area contributed by atoms with E-state index in [-0.39, 0.29) is 30.5 Å². The number of rotatable bonds is 6. The smallest absolute Gasteiger partial charge is 0.260 e. The molecule has 0 bridgehead atoms. The molecule has 0 aliphatic carbocycles. The van der Waals surface area contributed by atoms with Crippen molar-refractivity contribution in [2.24, 2.45) is 5.73 Å². The zero-order valence-corrected chi connectivity index (χ0v) is 17.3. The first-order valence-electron chi connectivity index (χ1n) is 10.1. The van der Waals surface area contributed by atoms with Gasteiger partial charge in [0.05, 0.1) is 0 Å². The van der Waals surface area contributed by atoms with Crippen LogP contribution in [0, 0.1) is 0 Å². The minimum absolute atomic E-state index is 0.0224. The van der Waals surface area contributed by atoms with Crippen LogP contribution in [0.3, 0.4) is 0 Å². The SMILES string of the molecule is CC1CCCC(C)N1C(=O)COc1ccc(C(=O)Nc2cccc(C(N)=O)c2)cc1. The summed E-state index contributed by atoms with van der Waals surface area (Å²) in [6.45, 7) is 4.11. The molecule has 2 aromatic carbocycles. The molecule has 2 aromatic rings. The monoisotopic (exact) mass is 409 g/mol. The molecule has 2 unspecified atom stereocenters. The number of amides is 3. The summed E-state index contributed by atoms with van der Waals surface area (Å²) in [5.41, 5.74) is 6.49. The molecule has 0 spiro atoms. The number of piperidine rings is 1. The van der Waals surface area contributed by atoms with E-state index in [0.717, 1.165) is 19.3 Å². The summed E-state index contributed by atoms with van der Waals surface area (Å²) in [4.78, 5) is 38.1. The quantitative estimate of drug-likeness (QED) is 0.765. The third kappa shape index (κ3) is 5.17. The number of carbonyl (C=O) groups is 3. The van der Waals surface area contributed by atoms with Crippen LogP contribution >= 0.6 is 0 Å². The average Bonchev–Trinajstić information content (AvgIpc) is 2.72. The van der Waals surface area contributed by atoms with Crippen LogP contribution < -0.4 is 15.8 Å². The van der Waals surface area contributed by atoms with E-state index in [0.29, 0.717) is 22.6 Å². The third-order valence-corrected chi connectivity index (χ3v) is 5.37. The molecule has 1 aliphatic rings. The molecule has 30 heavy (non-hydrogen) atoms. The Morgan fingerprint density at radius 2 is 1.70 bits per heavy atom. The maximum absolute atomic E-state index is 12.5. The van der Waals surface area contributed by atoms with Crippen LogP contribution in [0.2, 0.25) is 0 Å². The van der Waals surface area contributed by atoms with E-state index in [4.69, 9.17) is 10.5 Å². The molecule has 1 fully saturated rings. The van der Waals surface area contributed by atoms with Crippen LogP contribution in [-0.4, -0.2) is 41.3 Å². The van der Waals surface area contributed by atoms with Gasteiger partial charge in [-0.15, -0.1) is 0 Å². The number of hydrogen-bond donors (Lipinski definition) is 2. The Hall–Kier alpha value is -3.35. The summed E-state index contributed by atoms with van der Waals surface area (Å²) < 4.78 is 5.64. The van der Waals surface area contributed by atoms with Crippen molar-refractivity contribution in [2.45, 2.75) is 45.2 Å². The highest BCUT2D eigenvalue weighted by molar-refractivity contribution is 6.05. The first-order chi connectivity index (χ1) is 14.3. The lowest BCUT2D eigenvalue weighted by atomic mass is 9.97. The average molecular weight is 409 g/mol. The number of hydrogen-bond acceptors (Lipinski definition) is 4. The highest BCUT2D eigenvalue weighted by Crippen LogP contribution is 2.23. The lowest BCUT2D eigenvalue weighted by molar-refractivity contribution is -0.139. The van der Waals surface area contributed by atoms with Gasteiger partial charge in [-0.1, -0.05) is 6.07 Å². The summed E-state index contributed by atoms with van der Waals surface area (Å²) in [5.74, 6) is -0.385. The number of likely N-dealkylation sites (tertiary alicyclic amines) is 1. The fourth-order valence-electron chi connectivity index (χ4n) is 3.79. The summed E-state index contributed by atoms with van der Waals surface area (Å²) in [6, 6.07) is 13.4. The third-order valence-electron chi connectivity index (χ3n) is 5.37. The van der Waals surface area contributed by atoms with Crippen molar-refractivity contribution < 1.29 is 19.1 Å². The van der Waals surface area contributed by atoms with Crippen molar-refractivity contribution in [1.82, 2.24) is 4.90 Å². The molecule has 2 atom stereocenters. The van der Waals surface area contributed by atoms with E-state index in [2.05, 4.69) is 19.2 Å². The van der Waals surface area contributed by atoms with Gasteiger partial charge in [0.25, 0.3) is 11.8 Å². The number of ether oxygens (including phenoxy) is 1. The van der Waals surface area contributed by atoms with Crippen molar-refractivity contribution in [3.63, 3.8) is 0 Å². The van der Waals surface area contributed by atoms with Crippen LogP contribution in [0.15, 0.2) is 48.5 Å². The molecule has 3 N–H and O–H groups in total. The number of primary amides is 1. The highest BCUT2D eigenvalue weighted by Gasteiger charge is 2.28. The first kappa shape index (κ1) is 21.4.